The molecule has 0 heterocycles. The predicted molar refractivity (Wildman–Crippen MR) is 75.0 cm³/mol. The van der Waals surface area contributed by atoms with Crippen molar-refractivity contribution in [2.24, 2.45) is 11.7 Å². The molecule has 2 rings (SSSR count). The van der Waals surface area contributed by atoms with Gasteiger partial charge in [0, 0.05) is 6.54 Å². The van der Waals surface area contributed by atoms with Crippen LogP contribution in [0.5, 0.6) is 5.75 Å². The summed E-state index contributed by atoms with van der Waals surface area (Å²) in [4.78, 5) is 12.4. The maximum Gasteiger partial charge on any atom is 0.244 e. The van der Waals surface area contributed by atoms with E-state index in [1.54, 1.807) is 7.11 Å². The molecule has 104 valence electrons. The molecule has 0 aromatic heterocycles. The summed E-state index contributed by atoms with van der Waals surface area (Å²) in [5.74, 6) is 1.15. The Labute approximate surface area is 114 Å². The van der Waals surface area contributed by atoms with Crippen molar-refractivity contribution in [1.82, 2.24) is 5.32 Å². The number of ether oxygens (including phenoxy) is 1. The van der Waals surface area contributed by atoms with Gasteiger partial charge in [-0.05, 0) is 36.0 Å². The minimum absolute atomic E-state index is 0.0896. The largest absolute Gasteiger partial charge is 0.496 e. The zero-order chi connectivity index (χ0) is 14.0. The quantitative estimate of drug-likeness (QED) is 0.865. The summed E-state index contributed by atoms with van der Waals surface area (Å²) >= 11 is 0. The molecule has 0 bridgehead atoms. The first kappa shape index (κ1) is 13.9. The van der Waals surface area contributed by atoms with Crippen molar-refractivity contribution < 1.29 is 9.53 Å². The molecule has 1 unspecified atom stereocenters. The number of carbonyl (C=O) groups is 1. The number of nitrogens with two attached hydrogens (primary N) is 1. The zero-order valence-electron chi connectivity index (χ0n) is 11.8. The first-order chi connectivity index (χ1) is 8.99. The number of carbonyl (C=O) groups excluding carboxylic acids is 1. The highest BCUT2D eigenvalue weighted by molar-refractivity contribution is 5.89. The van der Waals surface area contributed by atoms with Gasteiger partial charge in [-0.2, -0.15) is 0 Å². The minimum atomic E-state index is -0.918. The fourth-order valence-corrected chi connectivity index (χ4v) is 2.58. The number of fused-ring (bicyclic) bond motifs is 1. The monoisotopic (exact) mass is 262 g/mol. The third kappa shape index (κ3) is 2.45. The number of benzene rings is 1. The summed E-state index contributed by atoms with van der Waals surface area (Å²) in [6, 6.07) is 5.73. The van der Waals surface area contributed by atoms with Gasteiger partial charge in [0.15, 0.2) is 0 Å². The highest BCUT2D eigenvalue weighted by Crippen LogP contribution is 2.39. The molecule has 1 aliphatic rings. The molecule has 19 heavy (non-hydrogen) atoms. The molecule has 3 N–H and O–H groups in total. The zero-order valence-corrected chi connectivity index (χ0v) is 11.8. The summed E-state index contributed by atoms with van der Waals surface area (Å²) < 4.78 is 5.34. The molecule has 0 spiro atoms. The SMILES string of the molecule is COc1cccc2c1CCC2(N)C(=O)NCC(C)C. The standard InChI is InChI=1S/C15H22N2O2/c1-10(2)9-17-14(18)15(16)8-7-11-12(15)5-4-6-13(11)19-3/h4-6,10H,7-9,16H2,1-3H3,(H,17,18). The average molecular weight is 262 g/mol. The Morgan fingerprint density at radius 2 is 2.26 bits per heavy atom. The Balaban J connectivity index is 2.27. The third-order valence-corrected chi connectivity index (χ3v) is 3.68. The highest BCUT2D eigenvalue weighted by Gasteiger charge is 2.42. The van der Waals surface area contributed by atoms with Crippen molar-refractivity contribution in [3.63, 3.8) is 0 Å². The Morgan fingerprint density at radius 3 is 2.89 bits per heavy atom. The van der Waals surface area contributed by atoms with E-state index in [-0.39, 0.29) is 5.91 Å². The average Bonchev–Trinajstić information content (AvgIpc) is 2.75. The third-order valence-electron chi connectivity index (χ3n) is 3.68. The molecular formula is C15H22N2O2. The van der Waals surface area contributed by atoms with Crippen LogP contribution in [-0.4, -0.2) is 19.6 Å². The van der Waals surface area contributed by atoms with Gasteiger partial charge in [-0.15, -0.1) is 0 Å². The van der Waals surface area contributed by atoms with Crippen LogP contribution in [0.2, 0.25) is 0 Å². The van der Waals surface area contributed by atoms with Gasteiger partial charge in [-0.3, -0.25) is 4.79 Å². The van der Waals surface area contributed by atoms with E-state index in [2.05, 4.69) is 19.2 Å². The molecule has 1 aromatic carbocycles. The molecule has 1 atom stereocenters. The van der Waals surface area contributed by atoms with E-state index in [0.717, 1.165) is 23.3 Å². The number of amides is 1. The van der Waals surface area contributed by atoms with Crippen LogP contribution in [0.3, 0.4) is 0 Å². The van der Waals surface area contributed by atoms with Crippen LogP contribution in [0.25, 0.3) is 0 Å². The van der Waals surface area contributed by atoms with E-state index in [1.165, 1.54) is 0 Å². The minimum Gasteiger partial charge on any atom is -0.496 e. The molecular weight excluding hydrogens is 240 g/mol. The molecule has 0 saturated carbocycles. The smallest absolute Gasteiger partial charge is 0.244 e. The van der Waals surface area contributed by atoms with Crippen LogP contribution in [0.4, 0.5) is 0 Å². The number of hydrogen-bond acceptors (Lipinski definition) is 3. The molecule has 0 aliphatic heterocycles. The molecule has 0 radical (unpaired) electrons. The van der Waals surface area contributed by atoms with Gasteiger partial charge in [0.1, 0.15) is 11.3 Å². The Kier molecular flexibility index (Phi) is 3.80. The number of hydrogen-bond donors (Lipinski definition) is 2. The Morgan fingerprint density at radius 1 is 1.53 bits per heavy atom. The summed E-state index contributed by atoms with van der Waals surface area (Å²) in [5, 5.41) is 2.94. The lowest BCUT2D eigenvalue weighted by molar-refractivity contribution is -0.126. The predicted octanol–water partition coefficient (Wildman–Crippen LogP) is 1.57. The van der Waals surface area contributed by atoms with Gasteiger partial charge in [-0.25, -0.2) is 0 Å². The first-order valence-electron chi connectivity index (χ1n) is 6.72. The van der Waals surface area contributed by atoms with Crippen molar-refractivity contribution in [2.75, 3.05) is 13.7 Å². The van der Waals surface area contributed by atoms with Crippen molar-refractivity contribution >= 4 is 5.91 Å². The molecule has 1 aromatic rings. The maximum atomic E-state index is 12.4. The number of nitrogens with one attached hydrogen (secondary N) is 1. The van der Waals surface area contributed by atoms with Crippen molar-refractivity contribution in [2.45, 2.75) is 32.2 Å². The van der Waals surface area contributed by atoms with Crippen molar-refractivity contribution in [3.8, 4) is 5.75 Å². The number of methoxy groups -OCH3 is 1. The normalized spacial score (nSPS) is 21.3. The molecule has 4 nitrogen and oxygen atoms in total. The molecule has 0 fully saturated rings. The summed E-state index contributed by atoms with van der Waals surface area (Å²) in [6.07, 6.45) is 1.41. The van der Waals surface area contributed by atoms with Crippen molar-refractivity contribution in [1.29, 1.82) is 0 Å². The summed E-state index contributed by atoms with van der Waals surface area (Å²) in [7, 11) is 1.64. The van der Waals surface area contributed by atoms with E-state index < -0.39 is 5.54 Å². The fraction of sp³-hybridized carbons (Fsp3) is 0.533. The van der Waals surface area contributed by atoms with Crippen LogP contribution in [0, 0.1) is 5.92 Å². The Hall–Kier alpha value is -1.55. The van der Waals surface area contributed by atoms with E-state index in [4.69, 9.17) is 10.5 Å². The van der Waals surface area contributed by atoms with Gasteiger partial charge in [-0.1, -0.05) is 26.0 Å². The van der Waals surface area contributed by atoms with Gasteiger partial charge in [0.05, 0.1) is 7.11 Å². The molecule has 1 aliphatic carbocycles. The van der Waals surface area contributed by atoms with Gasteiger partial charge < -0.3 is 15.8 Å². The van der Waals surface area contributed by atoms with Gasteiger partial charge in [0.2, 0.25) is 5.91 Å². The van der Waals surface area contributed by atoms with Crippen LogP contribution in [-0.2, 0) is 16.8 Å². The van der Waals surface area contributed by atoms with Crippen molar-refractivity contribution in [3.05, 3.63) is 29.3 Å². The topological polar surface area (TPSA) is 64.3 Å². The Bertz CT molecular complexity index is 485. The van der Waals surface area contributed by atoms with Gasteiger partial charge >= 0.3 is 0 Å². The lowest BCUT2D eigenvalue weighted by Gasteiger charge is -2.25. The van der Waals surface area contributed by atoms with Crippen LogP contribution >= 0.6 is 0 Å². The highest BCUT2D eigenvalue weighted by atomic mass is 16.5. The van der Waals surface area contributed by atoms with Crippen LogP contribution < -0.4 is 15.8 Å². The van der Waals surface area contributed by atoms with E-state index in [9.17, 15) is 4.79 Å². The van der Waals surface area contributed by atoms with Gasteiger partial charge in [0.25, 0.3) is 0 Å². The maximum absolute atomic E-state index is 12.4. The number of rotatable bonds is 4. The lowest BCUT2D eigenvalue weighted by atomic mass is 9.91. The summed E-state index contributed by atoms with van der Waals surface area (Å²) in [5.41, 5.74) is 7.40. The second kappa shape index (κ2) is 5.21. The second-order valence-electron chi connectivity index (χ2n) is 5.56. The summed E-state index contributed by atoms with van der Waals surface area (Å²) in [6.45, 7) is 4.78. The first-order valence-corrected chi connectivity index (χ1v) is 6.72. The van der Waals surface area contributed by atoms with Crippen LogP contribution in [0.1, 0.15) is 31.4 Å². The van der Waals surface area contributed by atoms with E-state index in [1.807, 2.05) is 18.2 Å². The van der Waals surface area contributed by atoms with E-state index >= 15 is 0 Å². The van der Waals surface area contributed by atoms with Crippen LogP contribution in [0.15, 0.2) is 18.2 Å². The fourth-order valence-electron chi connectivity index (χ4n) is 2.58. The lowest BCUT2D eigenvalue weighted by Crippen LogP contribution is -2.50. The molecule has 4 heteroatoms. The van der Waals surface area contributed by atoms with E-state index in [0.29, 0.717) is 18.9 Å². The second-order valence-corrected chi connectivity index (χ2v) is 5.56. The molecule has 0 saturated heterocycles. The molecule has 1 amide bonds.